The first-order chi connectivity index (χ1) is 11.3. The Morgan fingerprint density at radius 1 is 1.33 bits per heavy atom. The highest BCUT2D eigenvalue weighted by molar-refractivity contribution is 5.98. The molecule has 0 saturated carbocycles. The Morgan fingerprint density at radius 2 is 2.04 bits per heavy atom. The number of ether oxygens (including phenoxy) is 1. The van der Waals surface area contributed by atoms with Gasteiger partial charge in [0.2, 0.25) is 5.43 Å². The molecule has 7 heteroatoms. The molecular formula is C17H18N2O5. The average molecular weight is 330 g/mol. The van der Waals surface area contributed by atoms with E-state index in [2.05, 4.69) is 4.98 Å². The molecule has 1 fully saturated rings. The van der Waals surface area contributed by atoms with E-state index in [4.69, 9.17) is 9.84 Å². The predicted octanol–water partition coefficient (Wildman–Crippen LogP) is 1.65. The number of aromatic carboxylic acids is 1. The number of methoxy groups -OCH3 is 1. The van der Waals surface area contributed by atoms with Crippen molar-refractivity contribution in [2.24, 2.45) is 5.41 Å². The minimum absolute atomic E-state index is 0.138. The van der Waals surface area contributed by atoms with Crippen LogP contribution in [-0.4, -0.2) is 42.0 Å². The van der Waals surface area contributed by atoms with Gasteiger partial charge in [0.25, 0.3) is 0 Å². The monoisotopic (exact) mass is 330 g/mol. The largest absolute Gasteiger partial charge is 0.492 e. The summed E-state index contributed by atoms with van der Waals surface area (Å²) in [6.45, 7) is 4.60. The van der Waals surface area contributed by atoms with Crippen LogP contribution in [-0.2, 0) is 4.79 Å². The SMILES string of the molecule is COc1c(N2CC(=O)C(C)(C)C2)ccc2c(=O)c(C(=O)O)c[nH]c12. The Bertz CT molecular complexity index is 913. The Balaban J connectivity index is 2.19. The van der Waals surface area contributed by atoms with E-state index in [1.54, 1.807) is 12.1 Å². The molecular weight excluding hydrogens is 312 g/mol. The first-order valence-corrected chi connectivity index (χ1v) is 7.50. The minimum Gasteiger partial charge on any atom is -0.492 e. The summed E-state index contributed by atoms with van der Waals surface area (Å²) in [5, 5.41) is 9.31. The number of carbonyl (C=O) groups excluding carboxylic acids is 1. The Hall–Kier alpha value is -2.83. The predicted molar refractivity (Wildman–Crippen MR) is 89.1 cm³/mol. The van der Waals surface area contributed by atoms with Crippen LogP contribution in [0.1, 0.15) is 24.2 Å². The van der Waals surface area contributed by atoms with Crippen LogP contribution in [0.3, 0.4) is 0 Å². The fraction of sp³-hybridized carbons (Fsp3) is 0.353. The molecule has 0 amide bonds. The number of aromatic nitrogens is 1. The number of rotatable bonds is 3. The van der Waals surface area contributed by atoms with Crippen molar-refractivity contribution < 1.29 is 19.4 Å². The van der Waals surface area contributed by atoms with Crippen molar-refractivity contribution in [3.63, 3.8) is 0 Å². The highest BCUT2D eigenvalue weighted by Gasteiger charge is 2.39. The summed E-state index contributed by atoms with van der Waals surface area (Å²) in [5.74, 6) is -0.723. The number of hydrogen-bond acceptors (Lipinski definition) is 5. The maximum Gasteiger partial charge on any atom is 0.341 e. The van der Waals surface area contributed by atoms with Gasteiger partial charge >= 0.3 is 5.97 Å². The minimum atomic E-state index is -1.28. The smallest absolute Gasteiger partial charge is 0.341 e. The van der Waals surface area contributed by atoms with Crippen molar-refractivity contribution in [2.45, 2.75) is 13.8 Å². The van der Waals surface area contributed by atoms with Crippen molar-refractivity contribution in [2.75, 3.05) is 25.1 Å². The van der Waals surface area contributed by atoms with Gasteiger partial charge in [-0.25, -0.2) is 4.79 Å². The molecule has 2 aromatic rings. The molecule has 1 aromatic carbocycles. The van der Waals surface area contributed by atoms with Gasteiger partial charge in [0.05, 0.1) is 30.2 Å². The van der Waals surface area contributed by atoms with Gasteiger partial charge in [0, 0.05) is 18.2 Å². The second-order valence-electron chi connectivity index (χ2n) is 6.54. The molecule has 0 bridgehead atoms. The van der Waals surface area contributed by atoms with Gasteiger partial charge in [-0.1, -0.05) is 13.8 Å². The van der Waals surface area contributed by atoms with Gasteiger partial charge in [-0.05, 0) is 12.1 Å². The molecule has 126 valence electrons. The number of nitrogens with zero attached hydrogens (tertiary/aromatic N) is 1. The number of nitrogens with one attached hydrogen (secondary N) is 1. The molecule has 0 spiro atoms. The van der Waals surface area contributed by atoms with Crippen molar-refractivity contribution in [3.8, 4) is 5.75 Å². The third-order valence-corrected chi connectivity index (χ3v) is 4.44. The zero-order valence-electron chi connectivity index (χ0n) is 13.7. The summed E-state index contributed by atoms with van der Waals surface area (Å²) in [5.41, 5.74) is -0.223. The van der Waals surface area contributed by atoms with E-state index >= 15 is 0 Å². The van der Waals surface area contributed by atoms with E-state index in [9.17, 15) is 14.4 Å². The molecule has 2 N–H and O–H groups in total. The number of H-pyrrole nitrogens is 1. The van der Waals surface area contributed by atoms with Gasteiger partial charge in [-0.2, -0.15) is 0 Å². The Labute approximate surface area is 137 Å². The molecule has 0 radical (unpaired) electrons. The van der Waals surface area contributed by atoms with Crippen molar-refractivity contribution in [3.05, 3.63) is 34.1 Å². The van der Waals surface area contributed by atoms with Crippen LogP contribution < -0.4 is 15.1 Å². The number of carboxylic acids is 1. The fourth-order valence-corrected chi connectivity index (χ4v) is 3.05. The first-order valence-electron chi connectivity index (χ1n) is 7.50. The van der Waals surface area contributed by atoms with Crippen molar-refractivity contribution in [1.29, 1.82) is 0 Å². The molecule has 2 heterocycles. The average Bonchev–Trinajstić information content (AvgIpc) is 2.79. The Kier molecular flexibility index (Phi) is 3.59. The van der Waals surface area contributed by atoms with E-state index in [-0.39, 0.29) is 23.3 Å². The standard InChI is InChI=1S/C17H18N2O5/c1-17(2)8-19(7-12(17)20)11-5-4-9-13(15(11)24-3)18-6-10(14(9)21)16(22)23/h4-6H,7-8H2,1-3H3,(H,18,21)(H,22,23). The first kappa shape index (κ1) is 16.0. The molecule has 0 aliphatic carbocycles. The summed E-state index contributed by atoms with van der Waals surface area (Å²) in [6, 6.07) is 3.25. The highest BCUT2D eigenvalue weighted by atomic mass is 16.5. The fourth-order valence-electron chi connectivity index (χ4n) is 3.05. The highest BCUT2D eigenvalue weighted by Crippen LogP contribution is 2.38. The lowest BCUT2D eigenvalue weighted by Crippen LogP contribution is -2.24. The number of carboxylic acid groups (broad SMARTS) is 1. The van der Waals surface area contributed by atoms with Gasteiger partial charge in [-0.15, -0.1) is 0 Å². The number of aromatic amines is 1. The molecule has 1 saturated heterocycles. The molecule has 0 atom stereocenters. The zero-order valence-corrected chi connectivity index (χ0v) is 13.7. The van der Waals surface area contributed by atoms with Crippen molar-refractivity contribution >= 4 is 28.3 Å². The molecule has 1 aliphatic heterocycles. The third-order valence-electron chi connectivity index (χ3n) is 4.44. The lowest BCUT2D eigenvalue weighted by atomic mass is 9.92. The van der Waals surface area contributed by atoms with Crippen LogP contribution in [0.5, 0.6) is 5.75 Å². The van der Waals surface area contributed by atoms with E-state index in [1.165, 1.54) is 13.3 Å². The topological polar surface area (TPSA) is 99.7 Å². The zero-order chi connectivity index (χ0) is 17.6. The molecule has 1 aromatic heterocycles. The summed E-state index contributed by atoms with van der Waals surface area (Å²) in [7, 11) is 1.48. The lowest BCUT2D eigenvalue weighted by molar-refractivity contribution is -0.122. The number of hydrogen-bond donors (Lipinski definition) is 2. The Morgan fingerprint density at radius 3 is 2.58 bits per heavy atom. The second kappa shape index (κ2) is 5.36. The van der Waals surface area contributed by atoms with Gasteiger partial charge in [-0.3, -0.25) is 9.59 Å². The van der Waals surface area contributed by atoms with Gasteiger partial charge in [0.1, 0.15) is 5.56 Å². The van der Waals surface area contributed by atoms with Crippen LogP contribution >= 0.6 is 0 Å². The van der Waals surface area contributed by atoms with Crippen LogP contribution in [0.4, 0.5) is 5.69 Å². The molecule has 3 rings (SSSR count). The van der Waals surface area contributed by atoms with Crippen LogP contribution in [0.25, 0.3) is 10.9 Å². The summed E-state index contributed by atoms with van der Waals surface area (Å²) >= 11 is 0. The number of benzene rings is 1. The molecule has 1 aliphatic rings. The van der Waals surface area contributed by atoms with Crippen LogP contribution in [0, 0.1) is 5.41 Å². The van der Waals surface area contributed by atoms with Crippen LogP contribution in [0.15, 0.2) is 23.1 Å². The van der Waals surface area contributed by atoms with E-state index in [1.807, 2.05) is 18.7 Å². The van der Waals surface area contributed by atoms with Gasteiger partial charge in [0.15, 0.2) is 11.5 Å². The number of carbonyl (C=O) groups is 2. The summed E-state index contributed by atoms with van der Waals surface area (Å²) in [4.78, 5) is 40.3. The van der Waals surface area contributed by atoms with Crippen LogP contribution in [0.2, 0.25) is 0 Å². The normalized spacial score (nSPS) is 16.6. The molecule has 24 heavy (non-hydrogen) atoms. The number of pyridine rings is 1. The maximum absolute atomic E-state index is 12.3. The molecule has 7 nitrogen and oxygen atoms in total. The maximum atomic E-state index is 12.3. The number of ketones is 1. The van der Waals surface area contributed by atoms with Gasteiger partial charge < -0.3 is 19.7 Å². The second-order valence-corrected chi connectivity index (χ2v) is 6.54. The number of Topliss-reactive ketones (excluding diaryl/α,β-unsaturated/α-hetero) is 1. The van der Waals surface area contributed by atoms with E-state index in [0.717, 1.165) is 0 Å². The summed E-state index contributed by atoms with van der Waals surface area (Å²) < 4.78 is 5.46. The quantitative estimate of drug-likeness (QED) is 0.888. The van der Waals surface area contributed by atoms with E-state index < -0.39 is 16.8 Å². The molecule has 0 unspecified atom stereocenters. The van der Waals surface area contributed by atoms with E-state index in [0.29, 0.717) is 23.5 Å². The number of fused-ring (bicyclic) bond motifs is 1. The lowest BCUT2D eigenvalue weighted by Gasteiger charge is -2.23. The summed E-state index contributed by atoms with van der Waals surface area (Å²) in [6.07, 6.45) is 1.17. The van der Waals surface area contributed by atoms with Crippen molar-refractivity contribution in [1.82, 2.24) is 4.98 Å². The third kappa shape index (κ3) is 2.33. The number of anilines is 1.